The van der Waals surface area contributed by atoms with E-state index in [4.69, 9.17) is 0 Å². The first-order valence-electron chi connectivity index (χ1n) is 4.25. The van der Waals surface area contributed by atoms with Crippen molar-refractivity contribution in [3.05, 3.63) is 23.8 Å². The standard InChI is InChI=1S/C10H12O2S/c1-13-10(12)8-6-4-2-3-5-7-9(8)11/h5-7H,2-4H2,1H3/b7-5-,8-6?. The number of thioether (sulfide) groups is 1. The highest BCUT2D eigenvalue weighted by Gasteiger charge is 2.14. The normalized spacial score (nSPS) is 20.1. The van der Waals surface area contributed by atoms with Crippen LogP contribution in [0.2, 0.25) is 0 Å². The molecule has 0 radical (unpaired) electrons. The molecule has 0 bridgehead atoms. The van der Waals surface area contributed by atoms with Crippen LogP contribution in [0.15, 0.2) is 23.8 Å². The Labute approximate surface area is 82.1 Å². The van der Waals surface area contributed by atoms with Crippen molar-refractivity contribution < 1.29 is 9.59 Å². The Bertz CT molecular complexity index is 277. The number of allylic oxidation sites excluding steroid dienone is 3. The van der Waals surface area contributed by atoms with Crippen LogP contribution in [0.1, 0.15) is 19.3 Å². The molecule has 1 aliphatic rings. The molecule has 0 atom stereocenters. The van der Waals surface area contributed by atoms with E-state index in [1.165, 1.54) is 6.08 Å². The van der Waals surface area contributed by atoms with Gasteiger partial charge in [-0.25, -0.2) is 0 Å². The molecular formula is C10H12O2S. The number of hydrogen-bond acceptors (Lipinski definition) is 3. The van der Waals surface area contributed by atoms with Crippen molar-refractivity contribution in [3.8, 4) is 0 Å². The van der Waals surface area contributed by atoms with Crippen molar-refractivity contribution in [2.75, 3.05) is 6.26 Å². The molecule has 0 N–H and O–H groups in total. The zero-order valence-electron chi connectivity index (χ0n) is 7.58. The van der Waals surface area contributed by atoms with Gasteiger partial charge in [0.15, 0.2) is 5.78 Å². The molecule has 0 aromatic rings. The average Bonchev–Trinajstić information content (AvgIpc) is 2.11. The van der Waals surface area contributed by atoms with Crippen molar-refractivity contribution in [2.45, 2.75) is 19.3 Å². The SMILES string of the molecule is CSC(=O)C1=CCCC/C=C\C1=O. The first-order chi connectivity index (χ1) is 6.25. The number of carbonyl (C=O) groups excluding carboxylic acids is 2. The van der Waals surface area contributed by atoms with E-state index in [1.54, 1.807) is 12.3 Å². The molecule has 2 nitrogen and oxygen atoms in total. The molecule has 1 aliphatic carbocycles. The maximum atomic E-state index is 11.4. The summed E-state index contributed by atoms with van der Waals surface area (Å²) in [5.41, 5.74) is 0.337. The van der Waals surface area contributed by atoms with Gasteiger partial charge in [0, 0.05) is 0 Å². The molecule has 0 saturated heterocycles. The fourth-order valence-electron chi connectivity index (χ4n) is 1.16. The minimum atomic E-state index is -0.154. The second-order valence-electron chi connectivity index (χ2n) is 2.81. The van der Waals surface area contributed by atoms with Gasteiger partial charge in [0.2, 0.25) is 5.12 Å². The van der Waals surface area contributed by atoms with Crippen LogP contribution < -0.4 is 0 Å². The van der Waals surface area contributed by atoms with Gasteiger partial charge in [-0.2, -0.15) is 0 Å². The Balaban J connectivity index is 2.84. The molecule has 0 heterocycles. The van der Waals surface area contributed by atoms with Crippen molar-refractivity contribution in [1.82, 2.24) is 0 Å². The molecule has 13 heavy (non-hydrogen) atoms. The van der Waals surface area contributed by atoms with Gasteiger partial charge in [0.25, 0.3) is 0 Å². The fourth-order valence-corrected chi connectivity index (χ4v) is 1.56. The lowest BCUT2D eigenvalue weighted by atomic mass is 10.1. The average molecular weight is 196 g/mol. The van der Waals surface area contributed by atoms with E-state index in [0.717, 1.165) is 31.0 Å². The monoisotopic (exact) mass is 196 g/mol. The Morgan fingerprint density at radius 1 is 1.46 bits per heavy atom. The van der Waals surface area contributed by atoms with Crippen LogP contribution in [0.3, 0.4) is 0 Å². The van der Waals surface area contributed by atoms with Crippen LogP contribution in [0.4, 0.5) is 0 Å². The van der Waals surface area contributed by atoms with Crippen LogP contribution in [0.5, 0.6) is 0 Å². The second kappa shape index (κ2) is 5.02. The molecule has 1 rings (SSSR count). The lowest BCUT2D eigenvalue weighted by molar-refractivity contribution is -0.115. The van der Waals surface area contributed by atoms with E-state index in [2.05, 4.69) is 0 Å². The zero-order valence-corrected chi connectivity index (χ0v) is 8.39. The van der Waals surface area contributed by atoms with Gasteiger partial charge >= 0.3 is 0 Å². The first-order valence-corrected chi connectivity index (χ1v) is 5.47. The van der Waals surface area contributed by atoms with Crippen LogP contribution in [-0.2, 0) is 9.59 Å². The number of hydrogen-bond donors (Lipinski definition) is 0. The number of rotatable bonds is 1. The van der Waals surface area contributed by atoms with Gasteiger partial charge in [-0.3, -0.25) is 9.59 Å². The smallest absolute Gasteiger partial charge is 0.222 e. The van der Waals surface area contributed by atoms with E-state index in [9.17, 15) is 9.59 Å². The van der Waals surface area contributed by atoms with Crippen molar-refractivity contribution in [2.24, 2.45) is 0 Å². The van der Waals surface area contributed by atoms with Crippen LogP contribution in [0.25, 0.3) is 0 Å². The molecule has 0 fully saturated rings. The summed E-state index contributed by atoms with van der Waals surface area (Å²) in [5, 5.41) is -0.128. The molecule has 3 heteroatoms. The highest BCUT2D eigenvalue weighted by Crippen LogP contribution is 2.14. The molecule has 0 aliphatic heterocycles. The first kappa shape index (κ1) is 10.3. The Morgan fingerprint density at radius 2 is 2.23 bits per heavy atom. The molecule has 0 aromatic heterocycles. The summed E-state index contributed by atoms with van der Waals surface area (Å²) in [6.45, 7) is 0. The van der Waals surface area contributed by atoms with Crippen LogP contribution >= 0.6 is 11.8 Å². The third kappa shape index (κ3) is 2.84. The second-order valence-corrected chi connectivity index (χ2v) is 3.59. The van der Waals surface area contributed by atoms with Gasteiger partial charge < -0.3 is 0 Å². The lowest BCUT2D eigenvalue weighted by Crippen LogP contribution is -2.08. The minimum Gasteiger partial charge on any atom is -0.289 e. The molecule has 0 spiro atoms. The highest BCUT2D eigenvalue weighted by atomic mass is 32.2. The molecule has 0 unspecified atom stereocenters. The minimum absolute atomic E-state index is 0.128. The molecule has 0 amide bonds. The summed E-state index contributed by atoms with van der Waals surface area (Å²) < 4.78 is 0. The summed E-state index contributed by atoms with van der Waals surface area (Å²) >= 11 is 1.09. The summed E-state index contributed by atoms with van der Waals surface area (Å²) in [7, 11) is 0. The van der Waals surface area contributed by atoms with Crippen molar-refractivity contribution >= 4 is 22.7 Å². The van der Waals surface area contributed by atoms with E-state index in [-0.39, 0.29) is 10.9 Å². The van der Waals surface area contributed by atoms with Crippen molar-refractivity contribution in [1.29, 1.82) is 0 Å². The Hall–Kier alpha value is -0.830. The molecular weight excluding hydrogens is 184 g/mol. The molecule has 0 aromatic carbocycles. The third-order valence-electron chi connectivity index (χ3n) is 1.86. The number of carbonyl (C=O) groups is 2. The summed E-state index contributed by atoms with van der Waals surface area (Å²) in [4.78, 5) is 22.7. The summed E-state index contributed by atoms with van der Waals surface area (Å²) in [6.07, 6.45) is 9.53. The van der Waals surface area contributed by atoms with Gasteiger partial charge in [0.1, 0.15) is 0 Å². The van der Waals surface area contributed by atoms with Gasteiger partial charge in [0.05, 0.1) is 5.57 Å². The van der Waals surface area contributed by atoms with Crippen LogP contribution in [0, 0.1) is 0 Å². The quantitative estimate of drug-likeness (QED) is 0.602. The maximum absolute atomic E-state index is 11.4. The highest BCUT2D eigenvalue weighted by molar-refractivity contribution is 8.13. The molecule has 0 saturated carbocycles. The summed E-state index contributed by atoms with van der Waals surface area (Å²) in [6, 6.07) is 0. The third-order valence-corrected chi connectivity index (χ3v) is 2.45. The van der Waals surface area contributed by atoms with Gasteiger partial charge in [-0.15, -0.1) is 0 Å². The zero-order chi connectivity index (χ0) is 9.68. The molecule has 70 valence electrons. The lowest BCUT2D eigenvalue weighted by Gasteiger charge is -2.03. The predicted octanol–water partition coefficient (Wildman–Crippen LogP) is 2.11. The predicted molar refractivity (Wildman–Crippen MR) is 54.6 cm³/mol. The Morgan fingerprint density at radius 3 is 2.92 bits per heavy atom. The van der Waals surface area contributed by atoms with Crippen molar-refractivity contribution in [3.63, 3.8) is 0 Å². The maximum Gasteiger partial charge on any atom is 0.222 e. The van der Waals surface area contributed by atoms with E-state index >= 15 is 0 Å². The largest absolute Gasteiger partial charge is 0.289 e. The van der Waals surface area contributed by atoms with Gasteiger partial charge in [-0.1, -0.05) is 23.9 Å². The van der Waals surface area contributed by atoms with E-state index in [1.807, 2.05) is 6.08 Å². The topological polar surface area (TPSA) is 34.1 Å². The Kier molecular flexibility index (Phi) is 3.96. The van der Waals surface area contributed by atoms with E-state index in [0.29, 0.717) is 5.57 Å². The van der Waals surface area contributed by atoms with Crippen LogP contribution in [-0.4, -0.2) is 17.2 Å². The number of ketones is 1. The van der Waals surface area contributed by atoms with E-state index < -0.39 is 0 Å². The van der Waals surface area contributed by atoms with Gasteiger partial charge in [-0.05, 0) is 31.6 Å². The summed E-state index contributed by atoms with van der Waals surface area (Å²) in [5.74, 6) is -0.154. The fraction of sp³-hybridized carbons (Fsp3) is 0.400.